The highest BCUT2D eigenvalue weighted by molar-refractivity contribution is 7.80. The first-order chi connectivity index (χ1) is 13.8. The van der Waals surface area contributed by atoms with Crippen LogP contribution in [0.2, 0.25) is 5.02 Å². The third kappa shape index (κ3) is 6.41. The van der Waals surface area contributed by atoms with E-state index in [0.717, 1.165) is 0 Å². The molecule has 2 N–H and O–H groups in total. The minimum Gasteiger partial charge on any atom is -0.465 e. The van der Waals surface area contributed by atoms with E-state index in [1.165, 1.54) is 38.5 Å². The van der Waals surface area contributed by atoms with Gasteiger partial charge in [-0.25, -0.2) is 9.59 Å². The van der Waals surface area contributed by atoms with Crippen LogP contribution in [-0.2, 0) is 14.3 Å². The number of hydrogen-bond acceptors (Lipinski definition) is 6. The van der Waals surface area contributed by atoms with Crippen LogP contribution in [-0.4, -0.2) is 37.2 Å². The Bertz CT molecular complexity index is 956. The number of ether oxygens (including phenoxy) is 2. The van der Waals surface area contributed by atoms with E-state index in [1.54, 1.807) is 30.3 Å². The SMILES string of the molecule is COC(=O)c1cc(NC(=S)NC(=O)/C=C/c2ccccc2Cl)cc(C(=O)OC)c1. The molecule has 0 unspecified atom stereocenters. The highest BCUT2D eigenvalue weighted by Crippen LogP contribution is 2.18. The van der Waals surface area contributed by atoms with Crippen molar-refractivity contribution in [2.75, 3.05) is 19.5 Å². The molecule has 0 bridgehead atoms. The summed E-state index contributed by atoms with van der Waals surface area (Å²) in [6, 6.07) is 11.2. The summed E-state index contributed by atoms with van der Waals surface area (Å²) in [7, 11) is 2.44. The fourth-order valence-corrected chi connectivity index (χ4v) is 2.68. The average molecular weight is 433 g/mol. The fraction of sp³-hybridized carbons (Fsp3) is 0.100. The molecule has 9 heteroatoms. The lowest BCUT2D eigenvalue weighted by molar-refractivity contribution is -0.115. The Kier molecular flexibility index (Phi) is 7.88. The third-order valence-electron chi connectivity index (χ3n) is 3.59. The van der Waals surface area contributed by atoms with E-state index in [1.807, 2.05) is 0 Å². The molecule has 0 aliphatic rings. The normalized spacial score (nSPS) is 10.3. The summed E-state index contributed by atoms with van der Waals surface area (Å²) in [5.74, 6) is -1.77. The zero-order valence-corrected chi connectivity index (χ0v) is 17.1. The minimum atomic E-state index is -0.642. The van der Waals surface area contributed by atoms with Gasteiger partial charge in [0.25, 0.3) is 0 Å². The lowest BCUT2D eigenvalue weighted by Crippen LogP contribution is -2.33. The topological polar surface area (TPSA) is 93.7 Å². The molecule has 0 saturated heterocycles. The van der Waals surface area contributed by atoms with Crippen molar-refractivity contribution < 1.29 is 23.9 Å². The van der Waals surface area contributed by atoms with E-state index in [2.05, 4.69) is 20.1 Å². The summed E-state index contributed by atoms with van der Waals surface area (Å²) >= 11 is 11.1. The van der Waals surface area contributed by atoms with Crippen LogP contribution < -0.4 is 10.6 Å². The van der Waals surface area contributed by atoms with Crippen LogP contribution in [0.4, 0.5) is 5.69 Å². The van der Waals surface area contributed by atoms with Gasteiger partial charge in [0.1, 0.15) is 0 Å². The molecular weight excluding hydrogens is 416 g/mol. The molecule has 0 atom stereocenters. The van der Waals surface area contributed by atoms with E-state index >= 15 is 0 Å². The van der Waals surface area contributed by atoms with Crippen molar-refractivity contribution in [3.05, 3.63) is 70.3 Å². The van der Waals surface area contributed by atoms with Gasteiger partial charge in [-0.15, -0.1) is 0 Å². The number of thiocarbonyl (C=S) groups is 1. The number of hydrogen-bond donors (Lipinski definition) is 2. The molecule has 150 valence electrons. The second kappa shape index (κ2) is 10.4. The number of amides is 1. The second-order valence-electron chi connectivity index (χ2n) is 5.58. The standard InChI is InChI=1S/C20H17ClN2O5S/c1-27-18(25)13-9-14(19(26)28-2)11-15(10-13)22-20(29)23-17(24)8-7-12-5-3-4-6-16(12)21/h3-11H,1-2H3,(H2,22,23,24,29)/b8-7+. The van der Waals surface area contributed by atoms with Gasteiger partial charge < -0.3 is 14.8 Å². The lowest BCUT2D eigenvalue weighted by atomic mass is 10.1. The Hall–Kier alpha value is -3.23. The number of benzene rings is 2. The summed E-state index contributed by atoms with van der Waals surface area (Å²) in [4.78, 5) is 35.7. The number of rotatable bonds is 5. The van der Waals surface area contributed by atoms with Crippen molar-refractivity contribution >= 4 is 58.5 Å². The van der Waals surface area contributed by atoms with E-state index in [4.69, 9.17) is 23.8 Å². The predicted octanol–water partition coefficient (Wildman–Crippen LogP) is 3.44. The van der Waals surface area contributed by atoms with E-state index in [-0.39, 0.29) is 16.2 Å². The quantitative estimate of drug-likeness (QED) is 0.424. The molecule has 2 rings (SSSR count). The van der Waals surface area contributed by atoms with Gasteiger partial charge in [-0.2, -0.15) is 0 Å². The van der Waals surface area contributed by atoms with Crippen molar-refractivity contribution in [2.45, 2.75) is 0 Å². The Morgan fingerprint density at radius 1 is 1.00 bits per heavy atom. The number of nitrogens with one attached hydrogen (secondary N) is 2. The molecule has 1 amide bonds. The maximum Gasteiger partial charge on any atom is 0.337 e. The predicted molar refractivity (Wildman–Crippen MR) is 114 cm³/mol. The van der Waals surface area contributed by atoms with Crippen LogP contribution in [0.3, 0.4) is 0 Å². The zero-order chi connectivity index (χ0) is 21.4. The average Bonchev–Trinajstić information content (AvgIpc) is 2.71. The van der Waals surface area contributed by atoms with Crippen LogP contribution in [0, 0.1) is 0 Å². The molecular formula is C20H17ClN2O5S. The molecule has 0 radical (unpaired) electrons. The first-order valence-corrected chi connectivity index (χ1v) is 8.99. The molecule has 7 nitrogen and oxygen atoms in total. The maximum absolute atomic E-state index is 12.1. The lowest BCUT2D eigenvalue weighted by Gasteiger charge is -2.11. The fourth-order valence-electron chi connectivity index (χ4n) is 2.26. The zero-order valence-electron chi connectivity index (χ0n) is 15.5. The molecule has 0 spiro atoms. The highest BCUT2D eigenvalue weighted by atomic mass is 35.5. The van der Waals surface area contributed by atoms with Gasteiger partial charge in [0.15, 0.2) is 5.11 Å². The molecule has 0 fully saturated rings. The largest absolute Gasteiger partial charge is 0.465 e. The van der Waals surface area contributed by atoms with Crippen LogP contribution in [0.15, 0.2) is 48.5 Å². The Morgan fingerprint density at radius 2 is 1.59 bits per heavy atom. The van der Waals surface area contributed by atoms with Gasteiger partial charge in [0.05, 0.1) is 25.3 Å². The molecule has 0 heterocycles. The van der Waals surface area contributed by atoms with Crippen molar-refractivity contribution in [1.82, 2.24) is 5.32 Å². The van der Waals surface area contributed by atoms with Gasteiger partial charge in [0, 0.05) is 16.8 Å². The maximum atomic E-state index is 12.1. The third-order valence-corrected chi connectivity index (χ3v) is 4.14. The summed E-state index contributed by atoms with van der Waals surface area (Å²) in [5.41, 5.74) is 1.21. The van der Waals surface area contributed by atoms with Crippen LogP contribution in [0.1, 0.15) is 26.3 Å². The molecule has 2 aromatic carbocycles. The van der Waals surface area contributed by atoms with E-state index < -0.39 is 17.8 Å². The number of methoxy groups -OCH3 is 2. The van der Waals surface area contributed by atoms with Gasteiger partial charge >= 0.3 is 11.9 Å². The van der Waals surface area contributed by atoms with Gasteiger partial charge in [-0.3, -0.25) is 10.1 Å². The number of esters is 2. The van der Waals surface area contributed by atoms with Gasteiger partial charge in [-0.05, 0) is 48.1 Å². The molecule has 2 aromatic rings. The van der Waals surface area contributed by atoms with Crippen molar-refractivity contribution in [1.29, 1.82) is 0 Å². The van der Waals surface area contributed by atoms with E-state index in [9.17, 15) is 14.4 Å². The smallest absolute Gasteiger partial charge is 0.337 e. The number of halogens is 1. The summed E-state index contributed by atoms with van der Waals surface area (Å²) in [6.07, 6.45) is 2.83. The van der Waals surface area contributed by atoms with Gasteiger partial charge in [-0.1, -0.05) is 29.8 Å². The Balaban J connectivity index is 2.11. The monoisotopic (exact) mass is 432 g/mol. The van der Waals surface area contributed by atoms with E-state index in [0.29, 0.717) is 16.3 Å². The molecule has 29 heavy (non-hydrogen) atoms. The summed E-state index contributed by atoms with van der Waals surface area (Å²) in [5, 5.41) is 5.68. The van der Waals surface area contributed by atoms with Crippen LogP contribution in [0.5, 0.6) is 0 Å². The first-order valence-electron chi connectivity index (χ1n) is 8.20. The van der Waals surface area contributed by atoms with Crippen LogP contribution >= 0.6 is 23.8 Å². The number of anilines is 1. The van der Waals surface area contributed by atoms with Crippen molar-refractivity contribution in [3.63, 3.8) is 0 Å². The molecule has 0 aliphatic heterocycles. The first kappa shape index (κ1) is 22.1. The van der Waals surface area contributed by atoms with Crippen molar-refractivity contribution in [2.24, 2.45) is 0 Å². The number of carbonyl (C=O) groups is 3. The summed E-state index contributed by atoms with van der Waals surface area (Å²) in [6.45, 7) is 0. The Morgan fingerprint density at radius 3 is 2.14 bits per heavy atom. The molecule has 0 saturated carbocycles. The number of carbonyl (C=O) groups excluding carboxylic acids is 3. The Labute approximate surface area is 177 Å². The molecule has 0 aromatic heterocycles. The summed E-state index contributed by atoms with van der Waals surface area (Å²) < 4.78 is 9.34. The highest BCUT2D eigenvalue weighted by Gasteiger charge is 2.14. The minimum absolute atomic E-state index is 0.0309. The van der Waals surface area contributed by atoms with Crippen LogP contribution in [0.25, 0.3) is 6.08 Å². The van der Waals surface area contributed by atoms with Gasteiger partial charge in [0.2, 0.25) is 5.91 Å². The molecule has 0 aliphatic carbocycles. The van der Waals surface area contributed by atoms with Crippen molar-refractivity contribution in [3.8, 4) is 0 Å². The second-order valence-corrected chi connectivity index (χ2v) is 6.40.